The predicted molar refractivity (Wildman–Crippen MR) is 127 cm³/mol. The highest BCUT2D eigenvalue weighted by atomic mass is 16.1. The Bertz CT molecular complexity index is 1060. The fourth-order valence-corrected chi connectivity index (χ4v) is 4.53. The Kier molecular flexibility index (Phi) is 5.96. The summed E-state index contributed by atoms with van der Waals surface area (Å²) in [7, 11) is 0. The van der Waals surface area contributed by atoms with Gasteiger partial charge in [-0.25, -0.2) is 15.0 Å². The minimum absolute atomic E-state index is 0.133. The zero-order chi connectivity index (χ0) is 21.8. The number of carbonyl (C=O) groups excluding carboxylic acids is 1. The van der Waals surface area contributed by atoms with Gasteiger partial charge in [0.2, 0.25) is 11.9 Å². The van der Waals surface area contributed by atoms with Gasteiger partial charge in [-0.15, -0.1) is 0 Å². The van der Waals surface area contributed by atoms with Crippen molar-refractivity contribution in [2.24, 2.45) is 5.92 Å². The normalized spacial score (nSPS) is 16.9. The van der Waals surface area contributed by atoms with E-state index in [4.69, 9.17) is 4.98 Å². The van der Waals surface area contributed by atoms with E-state index in [1.807, 2.05) is 60.9 Å². The lowest BCUT2D eigenvalue weighted by Gasteiger charge is -2.35. The SMILES string of the molecule is O=C(Nc1cccc(-c2ccnc(N3CCN(c4ccccn4)CC3)n2)c1)C1CCCC1. The number of anilines is 3. The average Bonchev–Trinajstić information content (AvgIpc) is 3.40. The van der Waals surface area contributed by atoms with Gasteiger partial charge in [0.15, 0.2) is 0 Å². The van der Waals surface area contributed by atoms with Crippen LogP contribution in [-0.4, -0.2) is 47.0 Å². The molecule has 3 heterocycles. The van der Waals surface area contributed by atoms with Gasteiger partial charge in [0.1, 0.15) is 5.82 Å². The van der Waals surface area contributed by atoms with Crippen LogP contribution in [-0.2, 0) is 4.79 Å². The van der Waals surface area contributed by atoms with Crippen molar-refractivity contribution in [1.29, 1.82) is 0 Å². The number of hydrogen-bond acceptors (Lipinski definition) is 6. The third-order valence-corrected chi connectivity index (χ3v) is 6.33. The molecule has 1 aromatic carbocycles. The van der Waals surface area contributed by atoms with Gasteiger partial charge in [-0.05, 0) is 43.2 Å². The molecule has 7 heteroatoms. The first kappa shape index (κ1) is 20.4. The van der Waals surface area contributed by atoms with E-state index in [9.17, 15) is 4.79 Å². The second-order valence-corrected chi connectivity index (χ2v) is 8.46. The Morgan fingerprint density at radius 1 is 0.875 bits per heavy atom. The van der Waals surface area contributed by atoms with Crippen molar-refractivity contribution in [1.82, 2.24) is 15.0 Å². The van der Waals surface area contributed by atoms with Gasteiger partial charge in [0, 0.05) is 55.7 Å². The van der Waals surface area contributed by atoms with Crippen LogP contribution in [0.2, 0.25) is 0 Å². The van der Waals surface area contributed by atoms with Crippen LogP contribution in [0.5, 0.6) is 0 Å². The maximum Gasteiger partial charge on any atom is 0.227 e. The van der Waals surface area contributed by atoms with Gasteiger partial charge >= 0.3 is 0 Å². The van der Waals surface area contributed by atoms with Crippen molar-refractivity contribution in [3.63, 3.8) is 0 Å². The summed E-state index contributed by atoms with van der Waals surface area (Å²) in [5, 5.41) is 3.09. The third kappa shape index (κ3) is 4.56. The first-order chi connectivity index (χ1) is 15.8. The van der Waals surface area contributed by atoms with Gasteiger partial charge < -0.3 is 15.1 Å². The molecule has 2 fully saturated rings. The monoisotopic (exact) mass is 428 g/mol. The van der Waals surface area contributed by atoms with Crippen molar-refractivity contribution in [2.75, 3.05) is 41.3 Å². The van der Waals surface area contributed by atoms with Crippen LogP contribution in [0.4, 0.5) is 17.5 Å². The molecule has 1 saturated heterocycles. The average molecular weight is 429 g/mol. The van der Waals surface area contributed by atoms with E-state index in [2.05, 4.69) is 25.1 Å². The second-order valence-electron chi connectivity index (χ2n) is 8.46. The summed E-state index contributed by atoms with van der Waals surface area (Å²) in [5.41, 5.74) is 2.66. The Morgan fingerprint density at radius 2 is 1.69 bits per heavy atom. The van der Waals surface area contributed by atoms with Gasteiger partial charge in [-0.2, -0.15) is 0 Å². The van der Waals surface area contributed by atoms with Crippen molar-refractivity contribution in [2.45, 2.75) is 25.7 Å². The number of aromatic nitrogens is 3. The molecule has 0 atom stereocenters. The lowest BCUT2D eigenvalue weighted by Crippen LogP contribution is -2.47. The number of nitrogens with zero attached hydrogens (tertiary/aromatic N) is 5. The van der Waals surface area contributed by atoms with Crippen LogP contribution < -0.4 is 15.1 Å². The van der Waals surface area contributed by atoms with Gasteiger partial charge in [0.25, 0.3) is 0 Å². The largest absolute Gasteiger partial charge is 0.353 e. The number of benzene rings is 1. The van der Waals surface area contributed by atoms with E-state index in [1.54, 1.807) is 0 Å². The van der Waals surface area contributed by atoms with E-state index in [0.717, 1.165) is 80.6 Å². The van der Waals surface area contributed by atoms with Gasteiger partial charge in [0.05, 0.1) is 5.69 Å². The molecule has 0 spiro atoms. The second kappa shape index (κ2) is 9.34. The number of rotatable bonds is 5. The van der Waals surface area contributed by atoms with Gasteiger partial charge in [-0.1, -0.05) is 31.0 Å². The molecule has 5 rings (SSSR count). The summed E-state index contributed by atoms with van der Waals surface area (Å²) in [5.74, 6) is 2.03. The molecule has 32 heavy (non-hydrogen) atoms. The predicted octanol–water partition coefficient (Wildman–Crippen LogP) is 3.99. The fourth-order valence-electron chi connectivity index (χ4n) is 4.53. The number of hydrogen-bond donors (Lipinski definition) is 1. The topological polar surface area (TPSA) is 74.2 Å². The molecule has 1 N–H and O–H groups in total. The molecule has 0 unspecified atom stereocenters. The molecule has 1 saturated carbocycles. The molecule has 2 aliphatic rings. The van der Waals surface area contributed by atoms with E-state index in [0.29, 0.717) is 0 Å². The Hall–Kier alpha value is -3.48. The van der Waals surface area contributed by atoms with Crippen LogP contribution >= 0.6 is 0 Å². The quantitative estimate of drug-likeness (QED) is 0.662. The maximum absolute atomic E-state index is 12.5. The molecule has 7 nitrogen and oxygen atoms in total. The molecule has 0 bridgehead atoms. The van der Waals surface area contributed by atoms with Crippen LogP contribution in [0.3, 0.4) is 0 Å². The highest BCUT2D eigenvalue weighted by molar-refractivity contribution is 5.93. The summed E-state index contributed by atoms with van der Waals surface area (Å²) >= 11 is 0. The molecule has 0 radical (unpaired) electrons. The van der Waals surface area contributed by atoms with E-state index in [1.165, 1.54) is 0 Å². The van der Waals surface area contributed by atoms with Crippen molar-refractivity contribution in [3.8, 4) is 11.3 Å². The van der Waals surface area contributed by atoms with Crippen molar-refractivity contribution in [3.05, 3.63) is 60.9 Å². The molecular formula is C25H28N6O. The molecule has 3 aromatic rings. The standard InChI is InChI=1S/C25H28N6O/c32-24(19-6-1-2-7-19)28-21-9-5-8-20(18-21)22-11-13-27-25(29-22)31-16-14-30(15-17-31)23-10-3-4-12-26-23/h3-5,8-13,18-19H,1-2,6-7,14-17H2,(H,28,32). The van der Waals surface area contributed by atoms with Crippen LogP contribution in [0.1, 0.15) is 25.7 Å². The summed E-state index contributed by atoms with van der Waals surface area (Å²) < 4.78 is 0. The Balaban J connectivity index is 1.27. The summed E-state index contributed by atoms with van der Waals surface area (Å²) in [6, 6.07) is 15.9. The molecular weight excluding hydrogens is 400 g/mol. The molecule has 1 amide bonds. The summed E-state index contributed by atoms with van der Waals surface area (Å²) in [6.45, 7) is 3.45. The molecule has 1 aliphatic carbocycles. The van der Waals surface area contributed by atoms with Crippen LogP contribution in [0.15, 0.2) is 60.9 Å². The first-order valence-electron chi connectivity index (χ1n) is 11.4. The molecule has 1 aliphatic heterocycles. The van der Waals surface area contributed by atoms with E-state index in [-0.39, 0.29) is 11.8 Å². The molecule has 2 aromatic heterocycles. The number of piperazine rings is 1. The highest BCUT2D eigenvalue weighted by Gasteiger charge is 2.23. The summed E-state index contributed by atoms with van der Waals surface area (Å²) in [6.07, 6.45) is 7.93. The first-order valence-corrected chi connectivity index (χ1v) is 11.4. The Labute approximate surface area is 188 Å². The minimum atomic E-state index is 0.133. The smallest absolute Gasteiger partial charge is 0.227 e. The highest BCUT2D eigenvalue weighted by Crippen LogP contribution is 2.27. The maximum atomic E-state index is 12.5. The van der Waals surface area contributed by atoms with E-state index < -0.39 is 0 Å². The Morgan fingerprint density at radius 3 is 2.47 bits per heavy atom. The number of amides is 1. The zero-order valence-electron chi connectivity index (χ0n) is 18.2. The number of nitrogens with one attached hydrogen (secondary N) is 1. The van der Waals surface area contributed by atoms with Gasteiger partial charge in [-0.3, -0.25) is 4.79 Å². The van der Waals surface area contributed by atoms with Crippen LogP contribution in [0.25, 0.3) is 11.3 Å². The number of pyridine rings is 1. The zero-order valence-corrected chi connectivity index (χ0v) is 18.2. The summed E-state index contributed by atoms with van der Waals surface area (Å²) in [4.78, 5) is 30.8. The molecule has 164 valence electrons. The third-order valence-electron chi connectivity index (χ3n) is 6.33. The lowest BCUT2D eigenvalue weighted by molar-refractivity contribution is -0.119. The van der Waals surface area contributed by atoms with E-state index >= 15 is 0 Å². The lowest BCUT2D eigenvalue weighted by atomic mass is 10.1. The fraction of sp³-hybridized carbons (Fsp3) is 0.360. The minimum Gasteiger partial charge on any atom is -0.353 e. The van der Waals surface area contributed by atoms with Crippen LogP contribution in [0, 0.1) is 5.92 Å². The number of carbonyl (C=O) groups is 1. The van der Waals surface area contributed by atoms with Crippen molar-refractivity contribution >= 4 is 23.4 Å². The van der Waals surface area contributed by atoms with Crippen molar-refractivity contribution < 1.29 is 4.79 Å².